The molecule has 0 fully saturated rings. The molecule has 0 aliphatic rings. The van der Waals surface area contributed by atoms with Crippen LogP contribution in [0.3, 0.4) is 0 Å². The molecule has 0 saturated heterocycles. The minimum absolute atomic E-state index is 0.0135. The molecule has 146 valence electrons. The van der Waals surface area contributed by atoms with Gasteiger partial charge in [0.2, 0.25) is 0 Å². The molecule has 0 spiro atoms. The van der Waals surface area contributed by atoms with E-state index in [0.717, 1.165) is 4.57 Å². The van der Waals surface area contributed by atoms with Gasteiger partial charge in [-0.2, -0.15) is 5.10 Å². The summed E-state index contributed by atoms with van der Waals surface area (Å²) in [7, 11) is 2.91. The van der Waals surface area contributed by atoms with Crippen LogP contribution in [0.4, 0.5) is 0 Å². The predicted molar refractivity (Wildman–Crippen MR) is 101 cm³/mol. The summed E-state index contributed by atoms with van der Waals surface area (Å²) in [5, 5.41) is 4.29. The third-order valence-corrected chi connectivity index (χ3v) is 4.42. The number of aromatic nitrogens is 5. The molecule has 9 nitrogen and oxygen atoms in total. The van der Waals surface area contributed by atoms with Gasteiger partial charge in [-0.3, -0.25) is 13.9 Å². The smallest absolute Gasteiger partial charge is 0.342 e. The van der Waals surface area contributed by atoms with E-state index in [4.69, 9.17) is 4.74 Å². The van der Waals surface area contributed by atoms with E-state index in [2.05, 4.69) is 10.1 Å². The van der Waals surface area contributed by atoms with Crippen LogP contribution in [-0.2, 0) is 25.4 Å². The van der Waals surface area contributed by atoms with Crippen LogP contribution in [0, 0.1) is 0 Å². The molecule has 9 heteroatoms. The molecule has 0 N–H and O–H groups in total. The van der Waals surface area contributed by atoms with Gasteiger partial charge in [0, 0.05) is 26.4 Å². The van der Waals surface area contributed by atoms with Gasteiger partial charge in [-0.15, -0.1) is 0 Å². The number of hydrogen-bond acceptors (Lipinski definition) is 6. The maximum Gasteiger partial charge on any atom is 0.342 e. The van der Waals surface area contributed by atoms with Crippen molar-refractivity contribution < 1.29 is 9.53 Å². The number of nitrogens with zero attached hydrogens (tertiary/aromatic N) is 5. The maximum absolute atomic E-state index is 12.7. The zero-order valence-electron chi connectivity index (χ0n) is 16.1. The van der Waals surface area contributed by atoms with Gasteiger partial charge in [0.25, 0.3) is 5.56 Å². The SMILES string of the molecule is CC(C)c1c(C(=O)OCc2cc(=O)n(C)c(=O)n2C)cnn1-c1ccccn1. The zero-order valence-corrected chi connectivity index (χ0v) is 16.1. The lowest BCUT2D eigenvalue weighted by molar-refractivity contribution is 0.0461. The Morgan fingerprint density at radius 3 is 2.57 bits per heavy atom. The Morgan fingerprint density at radius 1 is 1.18 bits per heavy atom. The van der Waals surface area contributed by atoms with Crippen molar-refractivity contribution >= 4 is 5.97 Å². The first-order chi connectivity index (χ1) is 13.3. The van der Waals surface area contributed by atoms with Gasteiger partial charge < -0.3 is 4.74 Å². The standard InChI is InChI=1S/C19H21N5O4/c1-12(2)17-14(10-21-24(17)15-7-5-6-8-20-15)18(26)28-11-13-9-16(25)23(4)19(27)22(13)3/h5-10,12H,11H2,1-4H3. The van der Waals surface area contributed by atoms with Crippen molar-refractivity contribution in [3.8, 4) is 5.82 Å². The zero-order chi connectivity index (χ0) is 20.4. The van der Waals surface area contributed by atoms with Gasteiger partial charge in [0.1, 0.15) is 12.2 Å². The van der Waals surface area contributed by atoms with E-state index in [1.807, 2.05) is 19.9 Å². The van der Waals surface area contributed by atoms with Crippen LogP contribution < -0.4 is 11.2 Å². The lowest BCUT2D eigenvalue weighted by Gasteiger charge is -2.13. The molecular formula is C19H21N5O4. The molecule has 3 heterocycles. The number of esters is 1. The van der Waals surface area contributed by atoms with Crippen LogP contribution in [-0.4, -0.2) is 29.9 Å². The lowest BCUT2D eigenvalue weighted by Crippen LogP contribution is -2.38. The molecular weight excluding hydrogens is 362 g/mol. The monoisotopic (exact) mass is 383 g/mol. The fourth-order valence-electron chi connectivity index (χ4n) is 2.87. The molecule has 0 aromatic carbocycles. The molecule has 0 aliphatic carbocycles. The highest BCUT2D eigenvalue weighted by molar-refractivity contribution is 5.90. The molecule has 0 unspecified atom stereocenters. The van der Waals surface area contributed by atoms with E-state index < -0.39 is 17.2 Å². The Kier molecular flexibility index (Phi) is 5.25. The van der Waals surface area contributed by atoms with Crippen LogP contribution >= 0.6 is 0 Å². The highest BCUT2D eigenvalue weighted by atomic mass is 16.5. The number of hydrogen-bond donors (Lipinski definition) is 0. The topological polar surface area (TPSA) is 101 Å². The second-order valence-corrected chi connectivity index (χ2v) is 6.65. The normalized spacial score (nSPS) is 11.0. The molecule has 0 radical (unpaired) electrons. The van der Waals surface area contributed by atoms with Crippen LogP contribution in [0.2, 0.25) is 0 Å². The first kappa shape index (κ1) is 19.3. The van der Waals surface area contributed by atoms with Crippen LogP contribution in [0.25, 0.3) is 5.82 Å². The minimum atomic E-state index is -0.584. The second-order valence-electron chi connectivity index (χ2n) is 6.65. The fourth-order valence-corrected chi connectivity index (χ4v) is 2.87. The van der Waals surface area contributed by atoms with E-state index in [1.54, 1.807) is 23.0 Å². The Balaban J connectivity index is 1.89. The van der Waals surface area contributed by atoms with Crippen molar-refractivity contribution in [3.05, 3.63) is 74.4 Å². The Morgan fingerprint density at radius 2 is 1.93 bits per heavy atom. The minimum Gasteiger partial charge on any atom is -0.456 e. The molecule has 0 bridgehead atoms. The van der Waals surface area contributed by atoms with E-state index in [0.29, 0.717) is 22.8 Å². The molecule has 0 saturated carbocycles. The third-order valence-electron chi connectivity index (χ3n) is 4.42. The first-order valence-corrected chi connectivity index (χ1v) is 8.73. The maximum atomic E-state index is 12.7. The molecule has 3 aromatic heterocycles. The molecule has 3 aromatic rings. The van der Waals surface area contributed by atoms with Crippen LogP contribution in [0.1, 0.15) is 41.5 Å². The number of ether oxygens (including phenoxy) is 1. The van der Waals surface area contributed by atoms with Crippen molar-refractivity contribution in [1.29, 1.82) is 0 Å². The van der Waals surface area contributed by atoms with Crippen molar-refractivity contribution in [2.75, 3.05) is 0 Å². The van der Waals surface area contributed by atoms with Crippen LogP contribution in [0.15, 0.2) is 46.2 Å². The van der Waals surface area contributed by atoms with E-state index >= 15 is 0 Å². The Hall–Kier alpha value is -3.49. The van der Waals surface area contributed by atoms with Crippen molar-refractivity contribution in [1.82, 2.24) is 23.9 Å². The fraction of sp³-hybridized carbons (Fsp3) is 0.316. The van der Waals surface area contributed by atoms with E-state index in [-0.39, 0.29) is 12.5 Å². The quantitative estimate of drug-likeness (QED) is 0.613. The van der Waals surface area contributed by atoms with Crippen LogP contribution in [0.5, 0.6) is 0 Å². The van der Waals surface area contributed by atoms with Gasteiger partial charge in [-0.05, 0) is 18.1 Å². The molecule has 0 amide bonds. The average molecular weight is 383 g/mol. The summed E-state index contributed by atoms with van der Waals surface area (Å²) in [6, 6.07) is 6.70. The van der Waals surface area contributed by atoms with Crippen molar-refractivity contribution in [2.24, 2.45) is 14.1 Å². The molecule has 3 rings (SSSR count). The number of carbonyl (C=O) groups is 1. The van der Waals surface area contributed by atoms with Gasteiger partial charge in [-0.25, -0.2) is 19.3 Å². The van der Waals surface area contributed by atoms with Gasteiger partial charge in [0.15, 0.2) is 5.82 Å². The summed E-state index contributed by atoms with van der Waals surface area (Å²) in [4.78, 5) is 40.8. The second kappa shape index (κ2) is 7.63. The molecule has 0 aliphatic heterocycles. The molecule has 0 atom stereocenters. The highest BCUT2D eigenvalue weighted by Gasteiger charge is 2.23. The van der Waals surface area contributed by atoms with Gasteiger partial charge in [-0.1, -0.05) is 19.9 Å². The Labute approximate surface area is 160 Å². The summed E-state index contributed by atoms with van der Waals surface area (Å²) in [6.07, 6.45) is 3.09. The summed E-state index contributed by atoms with van der Waals surface area (Å²) < 4.78 is 9.23. The van der Waals surface area contributed by atoms with E-state index in [9.17, 15) is 14.4 Å². The summed E-state index contributed by atoms with van der Waals surface area (Å²) in [6.45, 7) is 3.68. The lowest BCUT2D eigenvalue weighted by atomic mass is 10.1. The summed E-state index contributed by atoms with van der Waals surface area (Å²) >= 11 is 0. The predicted octanol–water partition coefficient (Wildman–Crippen LogP) is 1.15. The van der Waals surface area contributed by atoms with Crippen molar-refractivity contribution in [2.45, 2.75) is 26.4 Å². The summed E-state index contributed by atoms with van der Waals surface area (Å²) in [5.74, 6) is -0.00126. The number of rotatable bonds is 5. The first-order valence-electron chi connectivity index (χ1n) is 8.73. The number of carbonyl (C=O) groups excluding carboxylic acids is 1. The van der Waals surface area contributed by atoms with Gasteiger partial charge >= 0.3 is 11.7 Å². The van der Waals surface area contributed by atoms with Gasteiger partial charge in [0.05, 0.1) is 17.6 Å². The Bertz CT molecular complexity index is 1130. The summed E-state index contributed by atoms with van der Waals surface area (Å²) in [5.41, 5.74) is 0.352. The highest BCUT2D eigenvalue weighted by Crippen LogP contribution is 2.23. The molecule has 28 heavy (non-hydrogen) atoms. The van der Waals surface area contributed by atoms with E-state index in [1.165, 1.54) is 30.9 Å². The van der Waals surface area contributed by atoms with Crippen molar-refractivity contribution in [3.63, 3.8) is 0 Å². The average Bonchev–Trinajstić information content (AvgIpc) is 3.14. The largest absolute Gasteiger partial charge is 0.456 e. The third kappa shape index (κ3) is 3.51. The number of pyridine rings is 1.